The van der Waals surface area contributed by atoms with Crippen molar-refractivity contribution in [2.75, 3.05) is 52.9 Å². The number of ether oxygens (including phenoxy) is 4. The third-order valence-corrected chi connectivity index (χ3v) is 1.49. The largest absolute Gasteiger partial charge is 1.00 e. The Morgan fingerprint density at radius 1 is 0.385 bits per heavy atom. The summed E-state index contributed by atoms with van der Waals surface area (Å²) in [6, 6.07) is 0. The van der Waals surface area contributed by atoms with Crippen molar-refractivity contribution in [2.45, 2.75) is 0 Å². The van der Waals surface area contributed by atoms with Gasteiger partial charge >= 0.3 is 29.6 Å². The molecular weight excluding hydrogens is 183 g/mol. The van der Waals surface area contributed by atoms with Gasteiger partial charge in [0.05, 0.1) is 52.9 Å². The summed E-state index contributed by atoms with van der Waals surface area (Å²) in [5.74, 6) is 0. The van der Waals surface area contributed by atoms with E-state index < -0.39 is 0 Å². The molecule has 1 fully saturated rings. The van der Waals surface area contributed by atoms with Crippen LogP contribution in [0.25, 0.3) is 0 Å². The predicted octanol–water partition coefficient (Wildman–Crippen LogP) is -2.93. The van der Waals surface area contributed by atoms with Gasteiger partial charge in [-0.2, -0.15) is 0 Å². The molecule has 1 aliphatic heterocycles. The van der Waals surface area contributed by atoms with E-state index >= 15 is 0 Å². The van der Waals surface area contributed by atoms with Crippen LogP contribution in [0.15, 0.2) is 0 Å². The summed E-state index contributed by atoms with van der Waals surface area (Å²) in [6.45, 7) is 5.14. The van der Waals surface area contributed by atoms with Crippen molar-refractivity contribution < 1.29 is 48.5 Å². The normalized spacial score (nSPS) is 22.2. The van der Waals surface area contributed by atoms with Gasteiger partial charge in [0.2, 0.25) is 0 Å². The van der Waals surface area contributed by atoms with Crippen LogP contribution < -0.4 is 29.6 Å². The third kappa shape index (κ3) is 9.15. The zero-order valence-electron chi connectivity index (χ0n) is 8.29. The molecule has 0 aliphatic carbocycles. The van der Waals surface area contributed by atoms with Crippen molar-refractivity contribution in [3.05, 3.63) is 0 Å². The van der Waals surface area contributed by atoms with Gasteiger partial charge in [-0.25, -0.2) is 0 Å². The molecular formula is C8H16NaO4+. The summed E-state index contributed by atoms with van der Waals surface area (Å²) >= 11 is 0. The maximum Gasteiger partial charge on any atom is 1.00 e. The fourth-order valence-corrected chi connectivity index (χ4v) is 0.880. The van der Waals surface area contributed by atoms with Gasteiger partial charge in [0.15, 0.2) is 0 Å². The first-order chi connectivity index (χ1) is 6.00. The summed E-state index contributed by atoms with van der Waals surface area (Å²) in [5, 5.41) is 0. The smallest absolute Gasteiger partial charge is 0.377 e. The van der Waals surface area contributed by atoms with Crippen LogP contribution in [0.4, 0.5) is 0 Å². The molecule has 0 aromatic rings. The molecule has 4 nitrogen and oxygen atoms in total. The van der Waals surface area contributed by atoms with Crippen molar-refractivity contribution in [1.29, 1.82) is 0 Å². The molecule has 0 saturated carbocycles. The van der Waals surface area contributed by atoms with Crippen LogP contribution in [0.5, 0.6) is 0 Å². The molecule has 5 heteroatoms. The Bertz CT molecular complexity index is 59.1. The first kappa shape index (κ1) is 13.8. The molecule has 0 radical (unpaired) electrons. The van der Waals surface area contributed by atoms with E-state index in [9.17, 15) is 0 Å². The molecule has 1 heterocycles. The van der Waals surface area contributed by atoms with Crippen molar-refractivity contribution in [3.8, 4) is 0 Å². The molecule has 0 bridgehead atoms. The second kappa shape index (κ2) is 10.9. The van der Waals surface area contributed by atoms with Gasteiger partial charge in [0.1, 0.15) is 0 Å². The van der Waals surface area contributed by atoms with Crippen LogP contribution in [0.3, 0.4) is 0 Å². The molecule has 0 spiro atoms. The first-order valence-electron chi connectivity index (χ1n) is 4.31. The van der Waals surface area contributed by atoms with E-state index in [4.69, 9.17) is 18.9 Å². The molecule has 1 aliphatic rings. The van der Waals surface area contributed by atoms with Crippen LogP contribution in [0.2, 0.25) is 0 Å². The molecule has 0 atom stereocenters. The van der Waals surface area contributed by atoms with Gasteiger partial charge in [-0.3, -0.25) is 0 Å². The second-order valence-electron chi connectivity index (χ2n) is 2.45. The zero-order valence-corrected chi connectivity index (χ0v) is 10.3. The summed E-state index contributed by atoms with van der Waals surface area (Å²) in [5.41, 5.74) is 0. The van der Waals surface area contributed by atoms with Gasteiger partial charge in [-0.05, 0) is 0 Å². The van der Waals surface area contributed by atoms with E-state index in [0.29, 0.717) is 52.9 Å². The molecule has 0 aromatic heterocycles. The van der Waals surface area contributed by atoms with Crippen molar-refractivity contribution in [1.82, 2.24) is 0 Å². The molecule has 1 saturated heterocycles. The number of rotatable bonds is 0. The predicted molar refractivity (Wildman–Crippen MR) is 43.3 cm³/mol. The quantitative estimate of drug-likeness (QED) is 0.391. The third-order valence-electron chi connectivity index (χ3n) is 1.49. The van der Waals surface area contributed by atoms with Crippen molar-refractivity contribution >= 4 is 0 Å². The Balaban J connectivity index is 0.00000144. The topological polar surface area (TPSA) is 36.9 Å². The average molecular weight is 199 g/mol. The van der Waals surface area contributed by atoms with Gasteiger partial charge < -0.3 is 18.9 Å². The standard InChI is InChI=1S/C8H16O4.Na/c1-2-10-5-6-12-8-7-11-4-3-9-1;/h1-8H2;/q;+1. The van der Waals surface area contributed by atoms with Crippen LogP contribution >= 0.6 is 0 Å². The molecule has 0 unspecified atom stereocenters. The monoisotopic (exact) mass is 199 g/mol. The zero-order chi connectivity index (χ0) is 8.49. The average Bonchev–Trinajstić information content (AvgIpc) is 2.05. The number of hydrogen-bond donors (Lipinski definition) is 0. The minimum atomic E-state index is 0. The van der Waals surface area contributed by atoms with Crippen molar-refractivity contribution in [3.63, 3.8) is 0 Å². The van der Waals surface area contributed by atoms with Gasteiger partial charge in [0.25, 0.3) is 0 Å². The second-order valence-corrected chi connectivity index (χ2v) is 2.45. The Kier molecular flexibility index (Phi) is 11.6. The van der Waals surface area contributed by atoms with Crippen LogP contribution in [-0.2, 0) is 18.9 Å². The molecule has 13 heavy (non-hydrogen) atoms. The number of hydrogen-bond acceptors (Lipinski definition) is 4. The van der Waals surface area contributed by atoms with E-state index in [1.807, 2.05) is 0 Å². The van der Waals surface area contributed by atoms with Crippen LogP contribution in [0.1, 0.15) is 0 Å². The van der Waals surface area contributed by atoms with Gasteiger partial charge in [-0.15, -0.1) is 0 Å². The van der Waals surface area contributed by atoms with E-state index in [2.05, 4.69) is 0 Å². The minimum Gasteiger partial charge on any atom is -0.377 e. The fourth-order valence-electron chi connectivity index (χ4n) is 0.880. The summed E-state index contributed by atoms with van der Waals surface area (Å²) < 4.78 is 20.9. The maximum atomic E-state index is 5.22. The van der Waals surface area contributed by atoms with Gasteiger partial charge in [0, 0.05) is 0 Å². The molecule has 0 aromatic carbocycles. The molecule has 1 rings (SSSR count). The maximum absolute atomic E-state index is 5.22. The van der Waals surface area contributed by atoms with E-state index in [-0.39, 0.29) is 29.6 Å². The van der Waals surface area contributed by atoms with Crippen molar-refractivity contribution in [2.24, 2.45) is 0 Å². The first-order valence-corrected chi connectivity index (χ1v) is 4.31. The van der Waals surface area contributed by atoms with Crippen LogP contribution in [-0.4, -0.2) is 52.9 Å². The minimum absolute atomic E-state index is 0. The molecule has 72 valence electrons. The van der Waals surface area contributed by atoms with E-state index in [1.54, 1.807) is 0 Å². The summed E-state index contributed by atoms with van der Waals surface area (Å²) in [7, 11) is 0. The summed E-state index contributed by atoms with van der Waals surface area (Å²) in [6.07, 6.45) is 0. The Morgan fingerprint density at radius 2 is 0.538 bits per heavy atom. The molecule has 0 amide bonds. The Morgan fingerprint density at radius 3 is 0.692 bits per heavy atom. The SMILES string of the molecule is C1COCCOCCOCCO1.[Na+]. The Hall–Kier alpha value is 0.840. The van der Waals surface area contributed by atoms with E-state index in [0.717, 1.165) is 0 Å². The fraction of sp³-hybridized carbons (Fsp3) is 1.00. The van der Waals surface area contributed by atoms with E-state index in [1.165, 1.54) is 0 Å². The molecule has 0 N–H and O–H groups in total. The van der Waals surface area contributed by atoms with Gasteiger partial charge in [-0.1, -0.05) is 0 Å². The Labute approximate surface area is 101 Å². The van der Waals surface area contributed by atoms with Crippen LogP contribution in [0, 0.1) is 0 Å². The summed E-state index contributed by atoms with van der Waals surface area (Å²) in [4.78, 5) is 0.